The van der Waals surface area contributed by atoms with Crippen LogP contribution in [-0.2, 0) is 23.7 Å². The van der Waals surface area contributed by atoms with Crippen molar-refractivity contribution in [1.82, 2.24) is 0 Å². The van der Waals surface area contributed by atoms with Crippen LogP contribution in [0.25, 0.3) is 0 Å². The molecule has 0 spiro atoms. The lowest BCUT2D eigenvalue weighted by atomic mass is 9.61. The highest BCUT2D eigenvalue weighted by Crippen LogP contribution is 2.54. The molecule has 6 N–H and O–H groups in total. The minimum Gasteiger partial charge on any atom is -0.547 e. The number of methoxy groups -OCH3 is 1. The maximum absolute atomic E-state index is 12.3. The first kappa shape index (κ1) is 27.4. The third-order valence-corrected chi connectivity index (χ3v) is 8.53. The van der Waals surface area contributed by atoms with E-state index in [1.54, 1.807) is 0 Å². The standard InChI is InChI=1S/C21H39NO10/c1-11-17(4,27)20(7,28)21(8,19(6,30-11)13(25)26)32-14-16(3,22)18(5,29-9)12(24)15(2,10-23)31-14/h11-12,14,23-24,27-28H,10,22H2,1-9H3,(H,25,26)/p-1. The molecule has 2 rings (SSSR count). The summed E-state index contributed by atoms with van der Waals surface area (Å²) >= 11 is 0. The first-order chi connectivity index (χ1) is 14.2. The third kappa shape index (κ3) is 3.10. The maximum atomic E-state index is 12.3. The van der Waals surface area contributed by atoms with Crippen molar-refractivity contribution in [1.29, 1.82) is 0 Å². The molecule has 0 aliphatic carbocycles. The Morgan fingerprint density at radius 3 is 2.00 bits per heavy atom. The fraction of sp³-hybridized carbons (Fsp3) is 0.952. The number of carbonyl (C=O) groups is 1. The predicted molar refractivity (Wildman–Crippen MR) is 109 cm³/mol. The van der Waals surface area contributed by atoms with Crippen LogP contribution in [0.2, 0.25) is 0 Å². The molecule has 0 saturated carbocycles. The zero-order valence-corrected chi connectivity index (χ0v) is 20.3. The van der Waals surface area contributed by atoms with Gasteiger partial charge >= 0.3 is 0 Å². The van der Waals surface area contributed by atoms with Gasteiger partial charge in [0.25, 0.3) is 0 Å². The fourth-order valence-corrected chi connectivity index (χ4v) is 4.75. The SMILES string of the molecule is COC1(C)C(O)C(C)(CO)OC(OC2(C)C(C)(C(=O)[O-])OC(C)C(C)(O)C2(C)O)C1(C)N. The third-order valence-electron chi connectivity index (χ3n) is 8.53. The Hall–Kier alpha value is -0.890. The topological polar surface area (TPSA) is 184 Å². The van der Waals surface area contributed by atoms with E-state index in [1.165, 1.54) is 55.6 Å². The molecule has 11 nitrogen and oxygen atoms in total. The van der Waals surface area contributed by atoms with Gasteiger partial charge < -0.3 is 55.0 Å². The van der Waals surface area contributed by atoms with Gasteiger partial charge in [-0.15, -0.1) is 0 Å². The number of hydrogen-bond acceptors (Lipinski definition) is 11. The van der Waals surface area contributed by atoms with Crippen molar-refractivity contribution in [2.24, 2.45) is 5.73 Å². The van der Waals surface area contributed by atoms with E-state index in [0.717, 1.165) is 6.92 Å². The number of nitrogens with two attached hydrogens (primary N) is 1. The van der Waals surface area contributed by atoms with Crippen molar-refractivity contribution in [2.45, 2.75) is 113 Å². The number of carboxylic acids is 1. The fourth-order valence-electron chi connectivity index (χ4n) is 4.75. The van der Waals surface area contributed by atoms with Crippen LogP contribution in [0.3, 0.4) is 0 Å². The summed E-state index contributed by atoms with van der Waals surface area (Å²) in [6.07, 6.45) is -4.08. The summed E-state index contributed by atoms with van der Waals surface area (Å²) in [6.45, 7) is 10.0. The summed E-state index contributed by atoms with van der Waals surface area (Å²) in [5.41, 5.74) is -6.95. The van der Waals surface area contributed by atoms with Gasteiger partial charge in [0.15, 0.2) is 6.29 Å². The number of aliphatic carboxylic acids is 1. The molecule has 2 saturated heterocycles. The number of carbonyl (C=O) groups excluding carboxylic acids is 1. The average molecular weight is 465 g/mol. The lowest BCUT2D eigenvalue weighted by molar-refractivity contribution is -0.439. The van der Waals surface area contributed by atoms with Gasteiger partial charge in [0.1, 0.15) is 39.7 Å². The predicted octanol–water partition coefficient (Wildman–Crippen LogP) is -2.22. The second kappa shape index (κ2) is 7.56. The van der Waals surface area contributed by atoms with E-state index in [-0.39, 0.29) is 0 Å². The molecule has 2 aliphatic heterocycles. The Kier molecular flexibility index (Phi) is 6.46. The van der Waals surface area contributed by atoms with Crippen molar-refractivity contribution in [3.05, 3.63) is 0 Å². The van der Waals surface area contributed by atoms with E-state index < -0.39 is 70.2 Å². The van der Waals surface area contributed by atoms with Gasteiger partial charge in [0.2, 0.25) is 0 Å². The van der Waals surface area contributed by atoms with Gasteiger partial charge in [-0.05, 0) is 55.4 Å². The van der Waals surface area contributed by atoms with Crippen molar-refractivity contribution >= 4 is 5.97 Å². The highest BCUT2D eigenvalue weighted by Gasteiger charge is 2.74. The summed E-state index contributed by atoms with van der Waals surface area (Å²) in [7, 11) is 1.31. The summed E-state index contributed by atoms with van der Waals surface area (Å²) in [5, 5.41) is 55.8. The summed E-state index contributed by atoms with van der Waals surface area (Å²) in [4.78, 5) is 12.3. The maximum Gasteiger partial charge on any atom is 0.180 e. The Morgan fingerprint density at radius 1 is 1.09 bits per heavy atom. The molecule has 2 aliphatic rings. The molecule has 0 aromatic rings. The molecule has 0 radical (unpaired) electrons. The monoisotopic (exact) mass is 464 g/mol. The summed E-state index contributed by atoms with van der Waals surface area (Å²) in [6, 6.07) is 0. The highest BCUT2D eigenvalue weighted by atomic mass is 16.7. The van der Waals surface area contributed by atoms with E-state index in [4.69, 9.17) is 24.7 Å². The van der Waals surface area contributed by atoms with E-state index >= 15 is 0 Å². The molecule has 10 atom stereocenters. The Labute approximate surface area is 188 Å². The van der Waals surface area contributed by atoms with Crippen LogP contribution in [0, 0.1) is 0 Å². The van der Waals surface area contributed by atoms with Crippen molar-refractivity contribution in [3.63, 3.8) is 0 Å². The van der Waals surface area contributed by atoms with Gasteiger partial charge in [-0.1, -0.05) is 0 Å². The van der Waals surface area contributed by atoms with E-state index in [9.17, 15) is 30.3 Å². The van der Waals surface area contributed by atoms with Crippen LogP contribution in [0.5, 0.6) is 0 Å². The highest BCUT2D eigenvalue weighted by molar-refractivity contribution is 5.77. The largest absolute Gasteiger partial charge is 0.547 e. The summed E-state index contributed by atoms with van der Waals surface area (Å²) in [5.74, 6) is -1.70. The van der Waals surface area contributed by atoms with Crippen molar-refractivity contribution < 1.29 is 49.3 Å². The van der Waals surface area contributed by atoms with Gasteiger partial charge in [-0.2, -0.15) is 0 Å². The molecule has 0 aromatic heterocycles. The number of carboxylic acid groups (broad SMARTS) is 1. The lowest BCUT2D eigenvalue weighted by Gasteiger charge is -2.66. The van der Waals surface area contributed by atoms with Crippen LogP contribution < -0.4 is 10.8 Å². The lowest BCUT2D eigenvalue weighted by Crippen LogP contribution is -2.86. The Morgan fingerprint density at radius 2 is 1.59 bits per heavy atom. The zero-order chi connectivity index (χ0) is 25.3. The minimum absolute atomic E-state index is 0.654. The number of aliphatic hydroxyl groups excluding tert-OH is 2. The van der Waals surface area contributed by atoms with Crippen LogP contribution in [0.4, 0.5) is 0 Å². The molecule has 0 bridgehead atoms. The molecule has 2 fully saturated rings. The van der Waals surface area contributed by atoms with Crippen LogP contribution >= 0.6 is 0 Å². The Bertz CT molecular complexity index is 757. The van der Waals surface area contributed by atoms with Gasteiger partial charge in [-0.25, -0.2) is 0 Å². The first-order valence-electron chi connectivity index (χ1n) is 10.5. The zero-order valence-electron chi connectivity index (χ0n) is 20.3. The molecule has 0 amide bonds. The summed E-state index contributed by atoms with van der Waals surface area (Å²) < 4.78 is 23.3. The molecule has 10 unspecified atom stereocenters. The van der Waals surface area contributed by atoms with Crippen LogP contribution in [0.15, 0.2) is 0 Å². The second-order valence-electron chi connectivity index (χ2n) is 10.4. The van der Waals surface area contributed by atoms with Gasteiger partial charge in [0, 0.05) is 7.11 Å². The normalized spacial score (nSPS) is 56.8. The second-order valence-corrected chi connectivity index (χ2v) is 10.4. The Balaban J connectivity index is 2.72. The molecular weight excluding hydrogens is 426 g/mol. The first-order valence-corrected chi connectivity index (χ1v) is 10.5. The van der Waals surface area contributed by atoms with E-state index in [2.05, 4.69) is 0 Å². The van der Waals surface area contributed by atoms with Crippen molar-refractivity contribution in [2.75, 3.05) is 13.7 Å². The molecule has 2 heterocycles. The van der Waals surface area contributed by atoms with E-state index in [0.29, 0.717) is 0 Å². The number of ether oxygens (including phenoxy) is 4. The molecule has 188 valence electrons. The number of hydrogen-bond donors (Lipinski definition) is 5. The molecule has 0 aromatic carbocycles. The number of rotatable bonds is 5. The van der Waals surface area contributed by atoms with Crippen LogP contribution in [0.1, 0.15) is 55.4 Å². The molecular formula is C21H38NO10-. The molecule has 32 heavy (non-hydrogen) atoms. The minimum atomic E-state index is -2.27. The smallest absolute Gasteiger partial charge is 0.180 e. The van der Waals surface area contributed by atoms with E-state index in [1.807, 2.05) is 0 Å². The van der Waals surface area contributed by atoms with Gasteiger partial charge in [0.05, 0.1) is 24.2 Å². The van der Waals surface area contributed by atoms with Crippen LogP contribution in [-0.4, -0.2) is 97.8 Å². The quantitative estimate of drug-likeness (QED) is 0.297. The average Bonchev–Trinajstić information content (AvgIpc) is 2.69. The molecule has 11 heteroatoms. The van der Waals surface area contributed by atoms with Crippen molar-refractivity contribution in [3.8, 4) is 0 Å². The number of aliphatic hydroxyl groups is 4. The van der Waals surface area contributed by atoms with Gasteiger partial charge in [-0.3, -0.25) is 0 Å².